The van der Waals surface area contributed by atoms with Gasteiger partial charge in [-0.2, -0.15) is 4.98 Å². The number of nitrogens with zero attached hydrogens (tertiary/aromatic N) is 2. The molecule has 8 heteroatoms. The van der Waals surface area contributed by atoms with E-state index in [1.807, 2.05) is 36.1 Å². The van der Waals surface area contributed by atoms with Crippen molar-refractivity contribution >= 4 is 15.7 Å². The zero-order chi connectivity index (χ0) is 20.7. The summed E-state index contributed by atoms with van der Waals surface area (Å²) in [5.74, 6) is 1.57. The van der Waals surface area contributed by atoms with Crippen molar-refractivity contribution in [2.75, 3.05) is 31.2 Å². The third-order valence-corrected chi connectivity index (χ3v) is 7.00. The molecule has 0 unspecified atom stereocenters. The quantitative estimate of drug-likeness (QED) is 0.627. The Morgan fingerprint density at radius 2 is 1.63 bits per heavy atom. The number of rotatable bonds is 4. The third-order valence-electron chi connectivity index (χ3n) is 5.35. The highest BCUT2D eigenvalue weighted by Gasteiger charge is 2.33. The Morgan fingerprint density at radius 1 is 0.933 bits per heavy atom. The predicted octanol–water partition coefficient (Wildman–Crippen LogP) is 3.85. The maximum absolute atomic E-state index is 13.6. The summed E-state index contributed by atoms with van der Waals surface area (Å²) < 4.78 is 44.2. The van der Waals surface area contributed by atoms with Crippen LogP contribution < -0.4 is 14.4 Å². The third kappa shape index (κ3) is 3.31. The molecule has 0 spiro atoms. The van der Waals surface area contributed by atoms with Crippen LogP contribution >= 0.6 is 0 Å². The summed E-state index contributed by atoms with van der Waals surface area (Å²) in [6.07, 6.45) is 1.98. The number of oxazole rings is 1. The molecular formula is C22H22N2O5S. The number of benzene rings is 2. The molecule has 5 rings (SSSR count). The number of sulfone groups is 1. The molecule has 1 aromatic heterocycles. The van der Waals surface area contributed by atoms with E-state index in [1.54, 1.807) is 6.07 Å². The second kappa shape index (κ2) is 7.36. The summed E-state index contributed by atoms with van der Waals surface area (Å²) in [6.45, 7) is 4.31. The fourth-order valence-corrected chi connectivity index (χ4v) is 5.05. The molecule has 0 atom stereocenters. The molecule has 0 N–H and O–H groups in total. The number of fused-ring (bicyclic) bond motifs is 1. The highest BCUT2D eigenvalue weighted by Crippen LogP contribution is 2.39. The first-order valence-electron chi connectivity index (χ1n) is 10.00. The summed E-state index contributed by atoms with van der Waals surface area (Å²) in [6, 6.07) is 12.3. The average molecular weight is 426 g/mol. The Labute approximate surface area is 175 Å². The molecule has 2 aliphatic rings. The fourth-order valence-electron chi connectivity index (χ4n) is 3.72. The summed E-state index contributed by atoms with van der Waals surface area (Å²) in [5, 5.41) is -0.0587. The van der Waals surface area contributed by atoms with Crippen LogP contribution in [0.3, 0.4) is 0 Å². The Hall–Kier alpha value is -3.00. The monoisotopic (exact) mass is 426 g/mol. The van der Waals surface area contributed by atoms with Crippen LogP contribution in [0, 0.1) is 6.92 Å². The van der Waals surface area contributed by atoms with Crippen molar-refractivity contribution in [3.63, 3.8) is 0 Å². The number of hydrogen-bond acceptors (Lipinski definition) is 7. The lowest BCUT2D eigenvalue weighted by Gasteiger charge is -2.19. The highest BCUT2D eigenvalue weighted by atomic mass is 32.2. The lowest BCUT2D eigenvalue weighted by Crippen LogP contribution is -2.20. The number of ether oxygens (including phenoxy) is 2. The molecule has 0 aliphatic carbocycles. The zero-order valence-corrected chi connectivity index (χ0v) is 17.4. The minimum Gasteiger partial charge on any atom is -0.486 e. The van der Waals surface area contributed by atoms with Crippen molar-refractivity contribution < 1.29 is 22.3 Å². The summed E-state index contributed by atoms with van der Waals surface area (Å²) in [5.41, 5.74) is 1.85. The van der Waals surface area contributed by atoms with Crippen LogP contribution in [0.1, 0.15) is 18.4 Å². The normalized spacial score (nSPS) is 16.1. The molecule has 0 saturated carbocycles. The maximum atomic E-state index is 13.6. The van der Waals surface area contributed by atoms with Crippen LogP contribution in [0.25, 0.3) is 11.5 Å². The van der Waals surface area contributed by atoms with Crippen molar-refractivity contribution in [3.8, 4) is 23.0 Å². The predicted molar refractivity (Wildman–Crippen MR) is 111 cm³/mol. The molecule has 7 nitrogen and oxygen atoms in total. The first-order chi connectivity index (χ1) is 14.5. The SMILES string of the molecule is Cc1ccc(-c2nc(S(=O)(=O)c3ccc4c(c3)OCCO4)c(N3CCCC3)o2)cc1. The smallest absolute Gasteiger partial charge is 0.236 e. The van der Waals surface area contributed by atoms with Gasteiger partial charge in [-0.05, 0) is 44.0 Å². The van der Waals surface area contributed by atoms with E-state index in [0.717, 1.165) is 37.1 Å². The second-order valence-electron chi connectivity index (χ2n) is 7.50. The van der Waals surface area contributed by atoms with Gasteiger partial charge in [0, 0.05) is 24.7 Å². The van der Waals surface area contributed by atoms with E-state index in [9.17, 15) is 8.42 Å². The van der Waals surface area contributed by atoms with Crippen molar-refractivity contribution in [2.24, 2.45) is 0 Å². The molecule has 2 aliphatic heterocycles. The summed E-state index contributed by atoms with van der Waals surface area (Å²) in [4.78, 5) is 6.51. The summed E-state index contributed by atoms with van der Waals surface area (Å²) in [7, 11) is -3.92. The molecule has 30 heavy (non-hydrogen) atoms. The molecule has 0 bridgehead atoms. The Balaban J connectivity index is 1.62. The van der Waals surface area contributed by atoms with Crippen molar-refractivity contribution in [3.05, 3.63) is 48.0 Å². The van der Waals surface area contributed by atoms with Gasteiger partial charge in [0.2, 0.25) is 26.6 Å². The van der Waals surface area contributed by atoms with Gasteiger partial charge in [0.15, 0.2) is 11.5 Å². The van der Waals surface area contributed by atoms with Crippen LogP contribution in [-0.4, -0.2) is 39.7 Å². The molecule has 3 aromatic rings. The van der Waals surface area contributed by atoms with Gasteiger partial charge in [0.1, 0.15) is 13.2 Å². The first-order valence-corrected chi connectivity index (χ1v) is 11.5. The van der Waals surface area contributed by atoms with Crippen molar-refractivity contribution in [1.82, 2.24) is 4.98 Å². The maximum Gasteiger partial charge on any atom is 0.236 e. The molecule has 1 fully saturated rings. The van der Waals surface area contributed by atoms with E-state index in [-0.39, 0.29) is 9.92 Å². The number of aryl methyl sites for hydroxylation is 1. The van der Waals surface area contributed by atoms with E-state index in [0.29, 0.717) is 36.5 Å². The van der Waals surface area contributed by atoms with Gasteiger partial charge >= 0.3 is 0 Å². The minimum atomic E-state index is -3.92. The zero-order valence-electron chi connectivity index (χ0n) is 16.6. The van der Waals surface area contributed by atoms with E-state index >= 15 is 0 Å². The van der Waals surface area contributed by atoms with Gasteiger partial charge in [0.05, 0.1) is 4.90 Å². The molecular weight excluding hydrogens is 404 g/mol. The average Bonchev–Trinajstić information content (AvgIpc) is 3.44. The number of hydrogen-bond donors (Lipinski definition) is 0. The van der Waals surface area contributed by atoms with E-state index in [4.69, 9.17) is 13.9 Å². The second-order valence-corrected chi connectivity index (χ2v) is 9.36. The lowest BCUT2D eigenvalue weighted by atomic mass is 10.1. The Morgan fingerprint density at radius 3 is 2.37 bits per heavy atom. The van der Waals surface area contributed by atoms with Crippen LogP contribution in [0.15, 0.2) is 56.8 Å². The van der Waals surface area contributed by atoms with Crippen LogP contribution in [0.5, 0.6) is 11.5 Å². The molecule has 0 amide bonds. The molecule has 0 radical (unpaired) electrons. The van der Waals surface area contributed by atoms with Crippen LogP contribution in [-0.2, 0) is 9.84 Å². The molecule has 156 valence electrons. The van der Waals surface area contributed by atoms with Gasteiger partial charge in [0.25, 0.3) is 0 Å². The molecule has 1 saturated heterocycles. The largest absolute Gasteiger partial charge is 0.486 e. The molecule has 3 heterocycles. The van der Waals surface area contributed by atoms with E-state index in [1.165, 1.54) is 12.1 Å². The minimum absolute atomic E-state index is 0.0587. The van der Waals surface area contributed by atoms with Gasteiger partial charge in [-0.25, -0.2) is 8.42 Å². The van der Waals surface area contributed by atoms with E-state index < -0.39 is 9.84 Å². The first kappa shape index (κ1) is 19.0. The standard InChI is InChI=1S/C22H22N2O5S/c1-15-4-6-16(7-5-15)20-23-21(22(29-20)24-10-2-3-11-24)30(25,26)17-8-9-18-19(14-17)28-13-12-27-18/h4-9,14H,2-3,10-13H2,1H3. The molecule has 2 aromatic carbocycles. The van der Waals surface area contributed by atoms with Crippen LogP contribution in [0.4, 0.5) is 5.88 Å². The highest BCUT2D eigenvalue weighted by molar-refractivity contribution is 7.91. The van der Waals surface area contributed by atoms with Crippen molar-refractivity contribution in [1.29, 1.82) is 0 Å². The Bertz CT molecular complexity index is 1180. The van der Waals surface area contributed by atoms with Gasteiger partial charge < -0.3 is 18.8 Å². The fraction of sp³-hybridized carbons (Fsp3) is 0.318. The van der Waals surface area contributed by atoms with Gasteiger partial charge in [-0.15, -0.1) is 0 Å². The topological polar surface area (TPSA) is 81.9 Å². The number of aromatic nitrogens is 1. The lowest BCUT2D eigenvalue weighted by molar-refractivity contribution is 0.171. The Kier molecular flexibility index (Phi) is 4.66. The summed E-state index contributed by atoms with van der Waals surface area (Å²) >= 11 is 0. The van der Waals surface area contributed by atoms with Gasteiger partial charge in [-0.3, -0.25) is 0 Å². The van der Waals surface area contributed by atoms with Crippen molar-refractivity contribution in [2.45, 2.75) is 29.7 Å². The van der Waals surface area contributed by atoms with Gasteiger partial charge in [-0.1, -0.05) is 17.7 Å². The number of anilines is 1. The van der Waals surface area contributed by atoms with E-state index in [2.05, 4.69) is 4.98 Å². The van der Waals surface area contributed by atoms with Crippen LogP contribution in [0.2, 0.25) is 0 Å².